The largest absolute Gasteiger partial charge is 0.347 e. The average molecular weight is 233 g/mol. The summed E-state index contributed by atoms with van der Waals surface area (Å²) in [5.74, 6) is -0.221. The maximum absolute atomic E-state index is 11.5. The van der Waals surface area contributed by atoms with Gasteiger partial charge in [0.05, 0.1) is 5.02 Å². The first-order chi connectivity index (χ1) is 6.57. The summed E-state index contributed by atoms with van der Waals surface area (Å²) in [7, 11) is 1.68. The van der Waals surface area contributed by atoms with Gasteiger partial charge in [-0.25, -0.2) is 0 Å². The van der Waals surface area contributed by atoms with E-state index in [-0.39, 0.29) is 5.91 Å². The van der Waals surface area contributed by atoms with E-state index < -0.39 is 0 Å². The van der Waals surface area contributed by atoms with E-state index in [4.69, 9.17) is 23.2 Å². The monoisotopic (exact) mass is 232 g/mol. The Morgan fingerprint density at radius 1 is 1.71 bits per heavy atom. The molecule has 0 saturated carbocycles. The predicted octanol–water partition coefficient (Wildman–Crippen LogP) is 2.25. The van der Waals surface area contributed by atoms with Crippen LogP contribution in [0.2, 0.25) is 10.2 Å². The number of carbonyl (C=O) groups excluding carboxylic acids is 1. The Labute approximate surface area is 92.3 Å². The summed E-state index contributed by atoms with van der Waals surface area (Å²) in [5, 5.41) is 3.36. The molecular weight excluding hydrogens is 223 g/mol. The zero-order valence-corrected chi connectivity index (χ0v) is 9.19. The zero-order valence-electron chi connectivity index (χ0n) is 7.68. The van der Waals surface area contributed by atoms with Crippen molar-refractivity contribution in [1.82, 2.24) is 9.88 Å². The van der Waals surface area contributed by atoms with E-state index in [1.54, 1.807) is 13.1 Å². The summed E-state index contributed by atoms with van der Waals surface area (Å²) in [6, 6.07) is 1.53. The lowest BCUT2D eigenvalue weighted by Gasteiger charge is -2.03. The molecule has 0 aliphatic carbocycles. The summed E-state index contributed by atoms with van der Waals surface area (Å²) in [6.07, 6.45) is 1.60. The fourth-order valence-corrected chi connectivity index (χ4v) is 1.39. The van der Waals surface area contributed by atoms with Crippen LogP contribution in [0.25, 0.3) is 0 Å². The van der Waals surface area contributed by atoms with Crippen molar-refractivity contribution in [1.29, 1.82) is 0 Å². The molecule has 3 nitrogen and oxygen atoms in total. The molecule has 1 heterocycles. The van der Waals surface area contributed by atoms with Gasteiger partial charge in [-0.2, -0.15) is 0 Å². The minimum absolute atomic E-state index is 0.221. The molecule has 0 spiro atoms. The molecule has 0 fully saturated rings. The van der Waals surface area contributed by atoms with Crippen LogP contribution < -0.4 is 5.32 Å². The maximum Gasteiger partial charge on any atom is 0.268 e. The van der Waals surface area contributed by atoms with Crippen molar-refractivity contribution < 1.29 is 4.79 Å². The molecule has 0 aromatic carbocycles. The maximum atomic E-state index is 11.5. The van der Waals surface area contributed by atoms with Crippen molar-refractivity contribution in [2.24, 2.45) is 7.05 Å². The number of carbonyl (C=O) groups is 1. The van der Waals surface area contributed by atoms with Crippen LogP contribution >= 0.6 is 23.2 Å². The highest BCUT2D eigenvalue weighted by atomic mass is 35.5. The van der Waals surface area contributed by atoms with Gasteiger partial charge in [0.1, 0.15) is 10.8 Å². The molecule has 0 saturated heterocycles. The second-order valence-electron chi connectivity index (χ2n) is 2.73. The number of nitrogens with one attached hydrogen (secondary N) is 1. The number of nitrogens with zero attached hydrogens (tertiary/aromatic N) is 1. The van der Waals surface area contributed by atoms with Gasteiger partial charge in [0.15, 0.2) is 0 Å². The smallest absolute Gasteiger partial charge is 0.268 e. The Hall–Kier alpha value is -0.930. The summed E-state index contributed by atoms with van der Waals surface area (Å²) >= 11 is 11.6. The minimum atomic E-state index is -0.221. The lowest BCUT2D eigenvalue weighted by Crippen LogP contribution is -2.25. The quantitative estimate of drug-likeness (QED) is 0.798. The van der Waals surface area contributed by atoms with E-state index in [1.807, 2.05) is 0 Å². The first-order valence-electron chi connectivity index (χ1n) is 3.97. The Bertz CT molecular complexity index is 371. The third-order valence-corrected chi connectivity index (χ3v) is 2.60. The normalized spacial score (nSPS) is 9.93. The van der Waals surface area contributed by atoms with E-state index in [2.05, 4.69) is 11.9 Å². The van der Waals surface area contributed by atoms with Gasteiger partial charge < -0.3 is 9.88 Å². The van der Waals surface area contributed by atoms with Crippen molar-refractivity contribution in [2.45, 2.75) is 0 Å². The van der Waals surface area contributed by atoms with Crippen LogP contribution in [0.15, 0.2) is 18.7 Å². The number of hydrogen-bond acceptors (Lipinski definition) is 1. The third kappa shape index (κ3) is 2.11. The van der Waals surface area contributed by atoms with E-state index in [0.29, 0.717) is 22.4 Å². The van der Waals surface area contributed by atoms with Crippen LogP contribution in [0.3, 0.4) is 0 Å². The first-order valence-corrected chi connectivity index (χ1v) is 4.73. The van der Waals surface area contributed by atoms with Crippen LogP contribution in [0.5, 0.6) is 0 Å². The van der Waals surface area contributed by atoms with Crippen LogP contribution in [0, 0.1) is 0 Å². The predicted molar refractivity (Wildman–Crippen MR) is 58.0 cm³/mol. The molecule has 0 bridgehead atoms. The minimum Gasteiger partial charge on any atom is -0.347 e. The van der Waals surface area contributed by atoms with Crippen LogP contribution in [0.1, 0.15) is 10.5 Å². The molecule has 14 heavy (non-hydrogen) atoms. The summed E-state index contributed by atoms with van der Waals surface area (Å²) < 4.78 is 1.53. The van der Waals surface area contributed by atoms with Gasteiger partial charge in [0.25, 0.3) is 5.91 Å². The van der Waals surface area contributed by atoms with Crippen molar-refractivity contribution in [3.05, 3.63) is 34.6 Å². The van der Waals surface area contributed by atoms with Crippen LogP contribution in [-0.4, -0.2) is 17.0 Å². The highest BCUT2D eigenvalue weighted by Gasteiger charge is 2.14. The van der Waals surface area contributed by atoms with Crippen LogP contribution in [0.4, 0.5) is 0 Å². The lowest BCUT2D eigenvalue weighted by atomic mass is 10.4. The summed E-state index contributed by atoms with van der Waals surface area (Å²) in [5.41, 5.74) is 0.432. The summed E-state index contributed by atoms with van der Waals surface area (Å²) in [6.45, 7) is 3.91. The van der Waals surface area contributed by atoms with Gasteiger partial charge in [-0.3, -0.25) is 4.79 Å². The van der Waals surface area contributed by atoms with E-state index in [9.17, 15) is 4.79 Å². The number of amides is 1. The average Bonchev–Trinajstić information content (AvgIpc) is 2.42. The second kappa shape index (κ2) is 4.53. The molecule has 1 amide bonds. The van der Waals surface area contributed by atoms with E-state index in [1.165, 1.54) is 10.6 Å². The molecule has 1 N–H and O–H groups in total. The van der Waals surface area contributed by atoms with E-state index >= 15 is 0 Å². The Morgan fingerprint density at radius 2 is 2.36 bits per heavy atom. The number of hydrogen-bond donors (Lipinski definition) is 1. The van der Waals surface area contributed by atoms with E-state index in [0.717, 1.165) is 0 Å². The van der Waals surface area contributed by atoms with Crippen molar-refractivity contribution in [3.8, 4) is 0 Å². The van der Waals surface area contributed by atoms with Crippen molar-refractivity contribution >= 4 is 29.1 Å². The summed E-state index contributed by atoms with van der Waals surface area (Å²) in [4.78, 5) is 11.5. The molecule has 0 radical (unpaired) electrons. The Kier molecular flexibility index (Phi) is 3.61. The van der Waals surface area contributed by atoms with Gasteiger partial charge in [0.2, 0.25) is 0 Å². The number of aromatic nitrogens is 1. The SMILES string of the molecule is C=CCNC(=O)c1cc(Cl)c(Cl)n1C. The molecule has 0 aliphatic heterocycles. The van der Waals surface area contributed by atoms with Gasteiger partial charge in [0, 0.05) is 13.6 Å². The zero-order chi connectivity index (χ0) is 10.7. The van der Waals surface area contributed by atoms with Gasteiger partial charge in [-0.05, 0) is 6.07 Å². The molecule has 1 rings (SSSR count). The second-order valence-corrected chi connectivity index (χ2v) is 3.49. The van der Waals surface area contributed by atoms with Gasteiger partial charge >= 0.3 is 0 Å². The lowest BCUT2D eigenvalue weighted by molar-refractivity contribution is 0.0950. The number of rotatable bonds is 3. The Morgan fingerprint density at radius 3 is 2.79 bits per heavy atom. The molecule has 0 unspecified atom stereocenters. The molecule has 1 aromatic heterocycles. The molecular formula is C9H10Cl2N2O. The number of halogens is 2. The van der Waals surface area contributed by atoms with Crippen molar-refractivity contribution in [3.63, 3.8) is 0 Å². The Balaban J connectivity index is 2.90. The first kappa shape index (κ1) is 11.1. The molecule has 0 aliphatic rings. The fourth-order valence-electron chi connectivity index (χ4n) is 1.02. The van der Waals surface area contributed by atoms with Gasteiger partial charge in [-0.15, -0.1) is 6.58 Å². The van der Waals surface area contributed by atoms with Gasteiger partial charge in [-0.1, -0.05) is 29.3 Å². The molecule has 76 valence electrons. The third-order valence-electron chi connectivity index (χ3n) is 1.76. The fraction of sp³-hybridized carbons (Fsp3) is 0.222. The topological polar surface area (TPSA) is 34.0 Å². The van der Waals surface area contributed by atoms with Crippen LogP contribution in [-0.2, 0) is 7.05 Å². The highest BCUT2D eigenvalue weighted by molar-refractivity contribution is 6.41. The van der Waals surface area contributed by atoms with Crippen molar-refractivity contribution in [2.75, 3.05) is 6.54 Å². The molecule has 0 atom stereocenters. The standard InChI is InChI=1S/C9H10Cl2N2O/c1-3-4-12-9(14)7-5-6(10)8(11)13(7)2/h3,5H,1,4H2,2H3,(H,12,14). The highest BCUT2D eigenvalue weighted by Crippen LogP contribution is 2.24. The molecule has 1 aromatic rings. The molecule has 5 heteroatoms.